The molecule has 1 aliphatic rings. The van der Waals surface area contributed by atoms with Crippen molar-refractivity contribution in [3.63, 3.8) is 0 Å². The van der Waals surface area contributed by atoms with Gasteiger partial charge < -0.3 is 25.6 Å². The quantitative estimate of drug-likeness (QED) is 0.241. The monoisotopic (exact) mass is 553 g/mol. The lowest BCUT2D eigenvalue weighted by molar-refractivity contribution is -0.147. The standard InChI is InChI=1S/C30H35N9O2/c1-4-21(3)41-28(40)19-22-18-23(8-9-25(22)39-16-14-31-15-17-39)35-30-33-13-11-27(38-30)36-26-10-12-32-29(37-26)24-7-5-6-20(2)34-24/h5-13,18,21,31H,4,14-17,19H2,1-3H3,(H2,32,33,35,36,37,38)/t21-/m0/s1. The summed E-state index contributed by atoms with van der Waals surface area (Å²) in [4.78, 5) is 37.5. The fourth-order valence-corrected chi connectivity index (χ4v) is 4.49. The SMILES string of the molecule is CC[C@H](C)OC(=O)Cc1cc(Nc2nccc(Nc3ccnc(-c4cccc(C)n4)n3)n2)ccc1N1CCNCC1. The second-order valence-corrected chi connectivity index (χ2v) is 9.91. The van der Waals surface area contributed by atoms with E-state index in [9.17, 15) is 4.79 Å². The van der Waals surface area contributed by atoms with E-state index in [2.05, 4.69) is 45.8 Å². The first-order valence-corrected chi connectivity index (χ1v) is 13.9. The molecule has 1 fully saturated rings. The van der Waals surface area contributed by atoms with Crippen LogP contribution in [0.25, 0.3) is 11.5 Å². The number of ether oxygens (including phenoxy) is 1. The molecule has 0 amide bonds. The van der Waals surface area contributed by atoms with E-state index >= 15 is 0 Å². The highest BCUT2D eigenvalue weighted by Crippen LogP contribution is 2.27. The average Bonchev–Trinajstić information content (AvgIpc) is 2.98. The Bertz CT molecular complexity index is 1490. The number of esters is 1. The van der Waals surface area contributed by atoms with Gasteiger partial charge >= 0.3 is 5.97 Å². The van der Waals surface area contributed by atoms with Crippen molar-refractivity contribution in [2.24, 2.45) is 0 Å². The van der Waals surface area contributed by atoms with Crippen LogP contribution in [0.2, 0.25) is 0 Å². The van der Waals surface area contributed by atoms with Crippen LogP contribution in [0.3, 0.4) is 0 Å². The number of hydrogen-bond donors (Lipinski definition) is 3. The zero-order valence-corrected chi connectivity index (χ0v) is 23.6. The van der Waals surface area contributed by atoms with Gasteiger partial charge in [-0.3, -0.25) is 4.79 Å². The van der Waals surface area contributed by atoms with E-state index in [1.807, 2.05) is 57.2 Å². The lowest BCUT2D eigenvalue weighted by Gasteiger charge is -2.31. The van der Waals surface area contributed by atoms with Crippen molar-refractivity contribution in [3.8, 4) is 11.5 Å². The summed E-state index contributed by atoms with van der Waals surface area (Å²) >= 11 is 0. The number of piperazine rings is 1. The van der Waals surface area contributed by atoms with Crippen LogP contribution in [0.4, 0.5) is 29.0 Å². The summed E-state index contributed by atoms with van der Waals surface area (Å²) in [5.41, 5.74) is 4.32. The summed E-state index contributed by atoms with van der Waals surface area (Å²) in [6, 6.07) is 15.3. The van der Waals surface area contributed by atoms with E-state index in [1.165, 1.54) is 0 Å². The van der Waals surface area contributed by atoms with E-state index in [0.29, 0.717) is 29.1 Å². The first-order valence-electron chi connectivity index (χ1n) is 13.9. The minimum Gasteiger partial charge on any atom is -0.462 e. The van der Waals surface area contributed by atoms with E-state index in [4.69, 9.17) is 4.74 Å². The Balaban J connectivity index is 1.33. The zero-order valence-electron chi connectivity index (χ0n) is 23.6. The summed E-state index contributed by atoms with van der Waals surface area (Å²) in [6.45, 7) is 9.40. The summed E-state index contributed by atoms with van der Waals surface area (Å²) in [6.07, 6.45) is 4.20. The van der Waals surface area contributed by atoms with Crippen molar-refractivity contribution in [3.05, 3.63) is 72.2 Å². The molecule has 0 bridgehead atoms. The Hall–Kier alpha value is -4.64. The highest BCUT2D eigenvalue weighted by molar-refractivity contribution is 5.77. The number of rotatable bonds is 10. The van der Waals surface area contributed by atoms with E-state index < -0.39 is 0 Å². The molecule has 1 aliphatic heterocycles. The smallest absolute Gasteiger partial charge is 0.310 e. The van der Waals surface area contributed by atoms with Crippen molar-refractivity contribution in [2.45, 2.75) is 39.7 Å². The Morgan fingerprint density at radius 3 is 2.56 bits per heavy atom. The van der Waals surface area contributed by atoms with Crippen LogP contribution < -0.4 is 20.9 Å². The number of pyridine rings is 1. The van der Waals surface area contributed by atoms with Gasteiger partial charge in [0.15, 0.2) is 5.82 Å². The number of aryl methyl sites for hydroxylation is 1. The van der Waals surface area contributed by atoms with Crippen LogP contribution in [0, 0.1) is 6.92 Å². The highest BCUT2D eigenvalue weighted by Gasteiger charge is 2.18. The molecule has 3 aromatic heterocycles. The number of aromatic nitrogens is 5. The molecule has 41 heavy (non-hydrogen) atoms. The number of carbonyl (C=O) groups excluding carboxylic acids is 1. The summed E-state index contributed by atoms with van der Waals surface area (Å²) < 4.78 is 5.58. The molecule has 212 valence electrons. The molecule has 4 aromatic rings. The van der Waals surface area contributed by atoms with E-state index in [1.54, 1.807) is 24.5 Å². The molecular formula is C30H35N9O2. The van der Waals surface area contributed by atoms with Crippen molar-refractivity contribution >= 4 is 34.9 Å². The number of anilines is 5. The third kappa shape index (κ3) is 7.52. The average molecular weight is 554 g/mol. The van der Waals surface area contributed by atoms with Crippen LogP contribution in [0.15, 0.2) is 60.9 Å². The lowest BCUT2D eigenvalue weighted by atomic mass is 10.1. The Morgan fingerprint density at radius 1 is 1.00 bits per heavy atom. The lowest BCUT2D eigenvalue weighted by Crippen LogP contribution is -2.44. The van der Waals surface area contributed by atoms with Crippen LogP contribution in [0.5, 0.6) is 0 Å². The summed E-state index contributed by atoms with van der Waals surface area (Å²) in [5.74, 6) is 1.85. The molecule has 0 unspecified atom stereocenters. The van der Waals surface area contributed by atoms with Gasteiger partial charge in [0.2, 0.25) is 5.95 Å². The highest BCUT2D eigenvalue weighted by atomic mass is 16.5. The maximum absolute atomic E-state index is 12.7. The summed E-state index contributed by atoms with van der Waals surface area (Å²) in [5, 5.41) is 9.89. The summed E-state index contributed by atoms with van der Waals surface area (Å²) in [7, 11) is 0. The van der Waals surface area contributed by atoms with Crippen LogP contribution in [-0.2, 0) is 16.0 Å². The fraction of sp³-hybridized carbons (Fsp3) is 0.333. The molecule has 5 rings (SSSR count). The zero-order chi connectivity index (χ0) is 28.6. The van der Waals surface area contributed by atoms with Gasteiger partial charge in [-0.15, -0.1) is 0 Å². The molecule has 3 N–H and O–H groups in total. The topological polar surface area (TPSA) is 130 Å². The van der Waals surface area contributed by atoms with Crippen molar-refractivity contribution in [1.82, 2.24) is 30.2 Å². The van der Waals surface area contributed by atoms with Gasteiger partial charge in [-0.2, -0.15) is 4.98 Å². The molecule has 1 atom stereocenters. The molecule has 4 heterocycles. The molecule has 0 aliphatic carbocycles. The molecule has 1 saturated heterocycles. The van der Waals surface area contributed by atoms with Crippen molar-refractivity contribution in [2.75, 3.05) is 41.7 Å². The molecule has 11 nitrogen and oxygen atoms in total. The third-order valence-corrected chi connectivity index (χ3v) is 6.72. The minimum absolute atomic E-state index is 0.117. The van der Waals surface area contributed by atoms with Gasteiger partial charge in [0.1, 0.15) is 17.3 Å². The molecule has 1 aromatic carbocycles. The van der Waals surface area contributed by atoms with E-state index in [0.717, 1.165) is 55.2 Å². The molecule has 0 saturated carbocycles. The molecule has 0 radical (unpaired) electrons. The van der Waals surface area contributed by atoms with Gasteiger partial charge in [-0.1, -0.05) is 13.0 Å². The molecule has 11 heteroatoms. The Labute approximate surface area is 239 Å². The maximum Gasteiger partial charge on any atom is 0.310 e. The molecular weight excluding hydrogens is 518 g/mol. The Kier molecular flexibility index (Phi) is 8.95. The van der Waals surface area contributed by atoms with Gasteiger partial charge in [-0.25, -0.2) is 19.9 Å². The number of nitrogens with zero attached hydrogens (tertiary/aromatic N) is 6. The van der Waals surface area contributed by atoms with Gasteiger partial charge in [0, 0.05) is 55.6 Å². The van der Waals surface area contributed by atoms with Gasteiger partial charge in [0.05, 0.1) is 12.5 Å². The number of benzene rings is 1. The van der Waals surface area contributed by atoms with Crippen molar-refractivity contribution in [1.29, 1.82) is 0 Å². The second-order valence-electron chi connectivity index (χ2n) is 9.91. The van der Waals surface area contributed by atoms with Gasteiger partial charge in [-0.05, 0) is 68.3 Å². The Morgan fingerprint density at radius 2 is 1.78 bits per heavy atom. The first kappa shape index (κ1) is 27.9. The van der Waals surface area contributed by atoms with Crippen molar-refractivity contribution < 1.29 is 9.53 Å². The number of nitrogens with one attached hydrogen (secondary N) is 3. The van der Waals surface area contributed by atoms with Gasteiger partial charge in [0.25, 0.3) is 0 Å². The fourth-order valence-electron chi connectivity index (χ4n) is 4.49. The predicted octanol–water partition coefficient (Wildman–Crippen LogP) is 4.42. The number of carbonyl (C=O) groups is 1. The number of hydrogen-bond acceptors (Lipinski definition) is 11. The van der Waals surface area contributed by atoms with E-state index in [-0.39, 0.29) is 18.5 Å². The van der Waals surface area contributed by atoms with Crippen LogP contribution in [0.1, 0.15) is 31.5 Å². The molecule has 0 spiro atoms. The maximum atomic E-state index is 12.7. The first-order chi connectivity index (χ1) is 20.0. The van der Waals surface area contributed by atoms with Crippen LogP contribution >= 0.6 is 0 Å². The predicted molar refractivity (Wildman–Crippen MR) is 160 cm³/mol. The third-order valence-electron chi connectivity index (χ3n) is 6.72. The van der Waals surface area contributed by atoms with Crippen LogP contribution in [-0.4, -0.2) is 63.2 Å². The normalized spacial score (nSPS) is 13.9. The second kappa shape index (κ2) is 13.1. The minimum atomic E-state index is -0.236. The largest absolute Gasteiger partial charge is 0.462 e.